The first-order chi connectivity index (χ1) is 17.5. The van der Waals surface area contributed by atoms with Gasteiger partial charge in [-0.3, -0.25) is 4.79 Å². The third kappa shape index (κ3) is 3.71. The molecule has 9 heteroatoms. The monoisotopic (exact) mass is 485 g/mol. The molecule has 182 valence electrons. The van der Waals surface area contributed by atoms with Crippen LogP contribution in [-0.2, 0) is 13.2 Å². The SMILES string of the molecule is COc1cc2cc(CO)c(CO)c(-c3ccnc(-n4nc(O)c5ccccc5c4=O)c3)c2cc1OC. The number of aliphatic hydroxyl groups is 2. The Labute approximate surface area is 205 Å². The van der Waals surface area contributed by atoms with Gasteiger partial charge in [-0.25, -0.2) is 4.98 Å². The Balaban J connectivity index is 1.81. The summed E-state index contributed by atoms with van der Waals surface area (Å²) in [6.45, 7) is -0.618. The van der Waals surface area contributed by atoms with Crippen LogP contribution in [0, 0.1) is 0 Å². The highest BCUT2D eigenvalue weighted by Gasteiger charge is 2.19. The maximum atomic E-state index is 13.2. The van der Waals surface area contributed by atoms with Gasteiger partial charge in [0, 0.05) is 6.20 Å². The van der Waals surface area contributed by atoms with Crippen molar-refractivity contribution in [3.63, 3.8) is 0 Å². The molecule has 0 bridgehead atoms. The van der Waals surface area contributed by atoms with E-state index in [1.165, 1.54) is 13.3 Å². The molecule has 9 nitrogen and oxygen atoms in total. The predicted molar refractivity (Wildman–Crippen MR) is 135 cm³/mol. The zero-order chi connectivity index (χ0) is 25.4. The smallest absolute Gasteiger partial charge is 0.281 e. The van der Waals surface area contributed by atoms with E-state index in [0.717, 1.165) is 15.5 Å². The van der Waals surface area contributed by atoms with Crippen molar-refractivity contribution in [1.82, 2.24) is 14.8 Å². The normalized spacial score (nSPS) is 11.2. The van der Waals surface area contributed by atoms with Crippen LogP contribution in [0.5, 0.6) is 17.4 Å². The van der Waals surface area contributed by atoms with Crippen LogP contribution >= 0.6 is 0 Å². The van der Waals surface area contributed by atoms with Gasteiger partial charge in [0.2, 0.25) is 5.88 Å². The molecule has 0 aliphatic carbocycles. The Morgan fingerprint density at radius 3 is 2.31 bits per heavy atom. The van der Waals surface area contributed by atoms with Crippen LogP contribution in [0.2, 0.25) is 0 Å². The number of hydrogen-bond acceptors (Lipinski definition) is 8. The van der Waals surface area contributed by atoms with Crippen LogP contribution in [0.25, 0.3) is 38.5 Å². The molecule has 0 atom stereocenters. The molecule has 2 aromatic heterocycles. The molecule has 3 aromatic carbocycles. The van der Waals surface area contributed by atoms with Gasteiger partial charge in [-0.05, 0) is 75.5 Å². The van der Waals surface area contributed by atoms with Crippen LogP contribution in [0.1, 0.15) is 11.1 Å². The van der Waals surface area contributed by atoms with E-state index in [1.807, 2.05) is 0 Å². The second-order valence-electron chi connectivity index (χ2n) is 8.12. The molecule has 0 fully saturated rings. The quantitative estimate of drug-likeness (QED) is 0.334. The number of methoxy groups -OCH3 is 2. The van der Waals surface area contributed by atoms with E-state index < -0.39 is 5.56 Å². The highest BCUT2D eigenvalue weighted by Crippen LogP contribution is 2.40. The number of nitrogens with zero attached hydrogens (tertiary/aromatic N) is 3. The Morgan fingerprint density at radius 1 is 0.889 bits per heavy atom. The number of benzene rings is 3. The summed E-state index contributed by atoms with van der Waals surface area (Å²) in [4.78, 5) is 17.5. The molecule has 0 amide bonds. The molecule has 0 unspecified atom stereocenters. The fourth-order valence-corrected chi connectivity index (χ4v) is 4.50. The number of hydrogen-bond donors (Lipinski definition) is 3. The van der Waals surface area contributed by atoms with Crippen LogP contribution in [0.4, 0.5) is 0 Å². The van der Waals surface area contributed by atoms with Gasteiger partial charge >= 0.3 is 0 Å². The second kappa shape index (κ2) is 9.29. The van der Waals surface area contributed by atoms with Crippen LogP contribution in [0.3, 0.4) is 0 Å². The second-order valence-corrected chi connectivity index (χ2v) is 8.12. The minimum absolute atomic E-state index is 0.186. The van der Waals surface area contributed by atoms with E-state index in [4.69, 9.17) is 9.47 Å². The Hall–Kier alpha value is -4.47. The molecule has 36 heavy (non-hydrogen) atoms. The lowest BCUT2D eigenvalue weighted by atomic mass is 9.90. The van der Waals surface area contributed by atoms with Crippen LogP contribution in [0.15, 0.2) is 65.6 Å². The Morgan fingerprint density at radius 2 is 1.61 bits per heavy atom. The zero-order valence-electron chi connectivity index (χ0n) is 19.6. The number of rotatable bonds is 6. The van der Waals surface area contributed by atoms with Gasteiger partial charge in [0.15, 0.2) is 17.3 Å². The van der Waals surface area contributed by atoms with Gasteiger partial charge in [-0.2, -0.15) is 4.68 Å². The number of ether oxygens (including phenoxy) is 2. The van der Waals surface area contributed by atoms with Crippen molar-refractivity contribution < 1.29 is 24.8 Å². The maximum Gasteiger partial charge on any atom is 0.281 e. The molecule has 0 radical (unpaired) electrons. The summed E-state index contributed by atoms with van der Waals surface area (Å²) in [5, 5.41) is 37.0. The fourth-order valence-electron chi connectivity index (χ4n) is 4.50. The van der Waals surface area contributed by atoms with Gasteiger partial charge in [0.05, 0.1) is 38.2 Å². The first-order valence-electron chi connectivity index (χ1n) is 11.1. The van der Waals surface area contributed by atoms with Crippen LogP contribution < -0.4 is 15.0 Å². The average Bonchev–Trinajstić information content (AvgIpc) is 2.93. The lowest BCUT2D eigenvalue weighted by Crippen LogP contribution is -2.22. The number of fused-ring (bicyclic) bond motifs is 2. The molecule has 0 aliphatic rings. The summed E-state index contributed by atoms with van der Waals surface area (Å²) in [5.41, 5.74) is 1.90. The van der Waals surface area contributed by atoms with E-state index in [0.29, 0.717) is 44.5 Å². The first kappa shape index (κ1) is 23.3. The topological polar surface area (TPSA) is 127 Å². The van der Waals surface area contributed by atoms with Crippen molar-refractivity contribution in [2.24, 2.45) is 0 Å². The van der Waals surface area contributed by atoms with Gasteiger partial charge in [-0.1, -0.05) is 12.1 Å². The molecule has 2 heterocycles. The molecular formula is C27H23N3O6. The molecule has 0 spiro atoms. The molecule has 3 N–H and O–H groups in total. The van der Waals surface area contributed by atoms with E-state index in [1.54, 1.807) is 61.7 Å². The predicted octanol–water partition coefficient (Wildman–Crippen LogP) is 3.31. The maximum absolute atomic E-state index is 13.2. The first-order valence-corrected chi connectivity index (χ1v) is 11.1. The Kier molecular flexibility index (Phi) is 6.01. The number of aromatic hydroxyl groups is 1. The molecule has 0 saturated heterocycles. The standard InChI is InChI=1S/C27H23N3O6/c1-35-22-10-16-9-17(13-31)21(14-32)25(20(16)12-23(22)36-2)15-7-8-28-24(11-15)30-27(34)19-6-4-3-5-18(19)26(33)29-30/h3-12,31-32H,13-14H2,1-2H3,(H,29,33). The summed E-state index contributed by atoms with van der Waals surface area (Å²) in [5.74, 6) is 0.913. The highest BCUT2D eigenvalue weighted by atomic mass is 16.5. The summed E-state index contributed by atoms with van der Waals surface area (Å²) >= 11 is 0. The third-order valence-electron chi connectivity index (χ3n) is 6.21. The molecule has 0 aliphatic heterocycles. The number of pyridine rings is 1. The molecule has 0 saturated carbocycles. The number of aromatic nitrogens is 3. The fraction of sp³-hybridized carbons (Fsp3) is 0.148. The van der Waals surface area contributed by atoms with Crippen molar-refractivity contribution >= 4 is 21.5 Å². The van der Waals surface area contributed by atoms with Gasteiger partial charge in [-0.15, -0.1) is 5.10 Å². The lowest BCUT2D eigenvalue weighted by molar-refractivity contribution is 0.260. The van der Waals surface area contributed by atoms with E-state index in [2.05, 4.69) is 10.1 Å². The van der Waals surface area contributed by atoms with E-state index in [-0.39, 0.29) is 24.9 Å². The lowest BCUT2D eigenvalue weighted by Gasteiger charge is -2.18. The van der Waals surface area contributed by atoms with Crippen molar-refractivity contribution in [2.75, 3.05) is 14.2 Å². The van der Waals surface area contributed by atoms with Crippen molar-refractivity contribution in [3.05, 3.63) is 82.3 Å². The third-order valence-corrected chi connectivity index (χ3v) is 6.21. The summed E-state index contributed by atoms with van der Waals surface area (Å²) in [7, 11) is 3.08. The summed E-state index contributed by atoms with van der Waals surface area (Å²) in [6, 6.07) is 15.4. The molecule has 5 rings (SSSR count). The summed E-state index contributed by atoms with van der Waals surface area (Å²) in [6.07, 6.45) is 1.52. The van der Waals surface area contributed by atoms with Crippen molar-refractivity contribution in [1.29, 1.82) is 0 Å². The highest BCUT2D eigenvalue weighted by molar-refractivity contribution is 6.01. The van der Waals surface area contributed by atoms with Crippen molar-refractivity contribution in [2.45, 2.75) is 13.2 Å². The zero-order valence-corrected chi connectivity index (χ0v) is 19.6. The van der Waals surface area contributed by atoms with Crippen molar-refractivity contribution in [3.8, 4) is 34.3 Å². The van der Waals surface area contributed by atoms with E-state index >= 15 is 0 Å². The van der Waals surface area contributed by atoms with Gasteiger partial charge in [0.25, 0.3) is 5.56 Å². The average molecular weight is 485 g/mol. The van der Waals surface area contributed by atoms with E-state index in [9.17, 15) is 20.1 Å². The minimum atomic E-state index is -0.434. The van der Waals surface area contributed by atoms with Crippen LogP contribution in [-0.4, -0.2) is 44.3 Å². The molecule has 5 aromatic rings. The Bertz CT molecular complexity index is 1670. The molecular weight excluding hydrogens is 462 g/mol. The van der Waals surface area contributed by atoms with Gasteiger partial charge in [0.1, 0.15) is 0 Å². The number of aliphatic hydroxyl groups excluding tert-OH is 2. The minimum Gasteiger partial charge on any atom is -0.493 e. The largest absolute Gasteiger partial charge is 0.493 e. The summed E-state index contributed by atoms with van der Waals surface area (Å²) < 4.78 is 12.0. The van der Waals surface area contributed by atoms with Gasteiger partial charge < -0.3 is 24.8 Å².